The first-order valence-corrected chi connectivity index (χ1v) is 3.58. The van der Waals surface area contributed by atoms with Gasteiger partial charge >= 0.3 is 0 Å². The second-order valence-corrected chi connectivity index (χ2v) is 2.49. The zero-order chi connectivity index (χ0) is 8.55. The fraction of sp³-hybridized carbons (Fsp3) is 0.111. The maximum absolute atomic E-state index is 5.27. The van der Waals surface area contributed by atoms with Crippen LogP contribution in [0.4, 0.5) is 0 Å². The molecule has 0 saturated carbocycles. The number of hydrogen-bond acceptors (Lipinski definition) is 2. The first-order valence-electron chi connectivity index (χ1n) is 3.58. The fourth-order valence-electron chi connectivity index (χ4n) is 1.17. The summed E-state index contributed by atoms with van der Waals surface area (Å²) in [6.45, 7) is 1.94. The minimum atomic E-state index is 0.683. The first-order chi connectivity index (χ1) is 5.83. The van der Waals surface area contributed by atoms with Gasteiger partial charge in [-0.05, 0) is 12.8 Å². The van der Waals surface area contributed by atoms with Crippen LogP contribution >= 0.6 is 0 Å². The van der Waals surface area contributed by atoms with Crippen LogP contribution < -0.4 is 0 Å². The van der Waals surface area contributed by atoms with Gasteiger partial charge in [0.15, 0.2) is 5.65 Å². The Morgan fingerprint density at radius 3 is 3.08 bits per heavy atom. The molecule has 0 aliphatic rings. The van der Waals surface area contributed by atoms with Gasteiger partial charge in [-0.15, -0.1) is 6.42 Å². The molecule has 0 aliphatic heterocycles. The molecule has 0 unspecified atom stereocenters. The van der Waals surface area contributed by atoms with Gasteiger partial charge < -0.3 is 4.40 Å². The minimum absolute atomic E-state index is 0.683. The van der Waals surface area contributed by atoms with Crippen LogP contribution in [-0.2, 0) is 0 Å². The molecule has 0 atom stereocenters. The lowest BCUT2D eigenvalue weighted by Gasteiger charge is -1.91. The molecule has 0 amide bonds. The summed E-state index contributed by atoms with van der Waals surface area (Å²) in [6, 6.07) is 0. The van der Waals surface area contributed by atoms with E-state index in [4.69, 9.17) is 6.42 Å². The van der Waals surface area contributed by atoms with Crippen LogP contribution in [0.25, 0.3) is 5.65 Å². The average molecular weight is 157 g/mol. The molecule has 0 spiro atoms. The number of aromatic nitrogens is 3. The normalized spacial score (nSPS) is 10.0. The Morgan fingerprint density at radius 1 is 1.58 bits per heavy atom. The van der Waals surface area contributed by atoms with Gasteiger partial charge in [0.05, 0.1) is 11.9 Å². The SMILES string of the molecule is C#Cc1nc2cnccn2c1C. The van der Waals surface area contributed by atoms with E-state index in [-0.39, 0.29) is 0 Å². The van der Waals surface area contributed by atoms with Crippen LogP contribution in [0.2, 0.25) is 0 Å². The maximum atomic E-state index is 5.27. The zero-order valence-corrected chi connectivity index (χ0v) is 6.65. The van der Waals surface area contributed by atoms with E-state index < -0.39 is 0 Å². The van der Waals surface area contributed by atoms with E-state index in [9.17, 15) is 0 Å². The van der Waals surface area contributed by atoms with Crippen LogP contribution in [0.1, 0.15) is 11.4 Å². The molecule has 0 saturated heterocycles. The van der Waals surface area contributed by atoms with Crippen LogP contribution in [-0.4, -0.2) is 14.4 Å². The number of imidazole rings is 1. The van der Waals surface area contributed by atoms with Crippen molar-refractivity contribution in [2.75, 3.05) is 0 Å². The third kappa shape index (κ3) is 0.785. The quantitative estimate of drug-likeness (QED) is 0.534. The molecule has 12 heavy (non-hydrogen) atoms. The molecule has 0 aliphatic carbocycles. The molecular formula is C9H7N3. The first kappa shape index (κ1) is 6.86. The highest BCUT2D eigenvalue weighted by atomic mass is 15.0. The summed E-state index contributed by atoms with van der Waals surface area (Å²) in [6.07, 6.45) is 10.5. The summed E-state index contributed by atoms with van der Waals surface area (Å²) in [4.78, 5) is 8.14. The Hall–Kier alpha value is -1.82. The molecule has 0 radical (unpaired) electrons. The van der Waals surface area contributed by atoms with E-state index in [1.165, 1.54) is 0 Å². The topological polar surface area (TPSA) is 30.2 Å². The number of hydrogen-bond donors (Lipinski definition) is 0. The maximum Gasteiger partial charge on any atom is 0.157 e. The molecule has 0 aromatic carbocycles. The van der Waals surface area contributed by atoms with Crippen molar-refractivity contribution in [1.82, 2.24) is 14.4 Å². The molecule has 2 heterocycles. The predicted octanol–water partition coefficient (Wildman–Crippen LogP) is 1.02. The predicted molar refractivity (Wildman–Crippen MR) is 45.7 cm³/mol. The standard InChI is InChI=1S/C9H7N3/c1-3-8-7(2)12-5-4-10-6-9(12)11-8/h1,4-6H,2H3. The third-order valence-corrected chi connectivity index (χ3v) is 1.81. The van der Waals surface area contributed by atoms with E-state index in [0.717, 1.165) is 11.3 Å². The van der Waals surface area contributed by atoms with Gasteiger partial charge in [-0.25, -0.2) is 4.98 Å². The molecule has 2 rings (SSSR count). The van der Waals surface area contributed by atoms with Crippen molar-refractivity contribution in [2.24, 2.45) is 0 Å². The van der Waals surface area contributed by atoms with Crippen LogP contribution in [0, 0.1) is 19.3 Å². The lowest BCUT2D eigenvalue weighted by atomic mass is 10.4. The molecule has 0 bridgehead atoms. The summed E-state index contributed by atoms with van der Waals surface area (Å²) in [5.41, 5.74) is 2.46. The minimum Gasteiger partial charge on any atom is -0.300 e. The highest BCUT2D eigenvalue weighted by molar-refractivity contribution is 5.45. The van der Waals surface area contributed by atoms with Crippen LogP contribution in [0.15, 0.2) is 18.6 Å². The lowest BCUT2D eigenvalue weighted by Crippen LogP contribution is -1.86. The number of aryl methyl sites for hydroxylation is 1. The van der Waals surface area contributed by atoms with E-state index in [1.54, 1.807) is 12.4 Å². The Kier molecular flexibility index (Phi) is 1.34. The summed E-state index contributed by atoms with van der Waals surface area (Å²) in [7, 11) is 0. The number of terminal acetylenes is 1. The Morgan fingerprint density at radius 2 is 2.42 bits per heavy atom. The molecule has 0 fully saturated rings. The zero-order valence-electron chi connectivity index (χ0n) is 6.65. The van der Waals surface area contributed by atoms with Crippen molar-refractivity contribution in [2.45, 2.75) is 6.92 Å². The molecule has 3 nitrogen and oxygen atoms in total. The van der Waals surface area contributed by atoms with Crippen molar-refractivity contribution in [3.05, 3.63) is 30.0 Å². The summed E-state index contributed by atoms with van der Waals surface area (Å²) in [5, 5.41) is 0. The molecule has 0 N–H and O–H groups in total. The number of fused-ring (bicyclic) bond motifs is 1. The number of rotatable bonds is 0. The summed E-state index contributed by atoms with van der Waals surface area (Å²) in [5.74, 6) is 2.52. The van der Waals surface area contributed by atoms with Crippen molar-refractivity contribution >= 4 is 5.65 Å². The average Bonchev–Trinajstić information content (AvgIpc) is 2.44. The molecular weight excluding hydrogens is 150 g/mol. The highest BCUT2D eigenvalue weighted by Gasteiger charge is 2.03. The van der Waals surface area contributed by atoms with Gasteiger partial charge in [0.2, 0.25) is 0 Å². The Balaban J connectivity index is 2.90. The smallest absolute Gasteiger partial charge is 0.157 e. The van der Waals surface area contributed by atoms with Crippen LogP contribution in [0.3, 0.4) is 0 Å². The lowest BCUT2D eigenvalue weighted by molar-refractivity contribution is 1.07. The Labute approximate surface area is 70.1 Å². The van der Waals surface area contributed by atoms with Gasteiger partial charge in [0, 0.05) is 12.4 Å². The second-order valence-electron chi connectivity index (χ2n) is 2.49. The van der Waals surface area contributed by atoms with Gasteiger partial charge in [0.1, 0.15) is 5.69 Å². The second kappa shape index (κ2) is 2.35. The molecule has 58 valence electrons. The summed E-state index contributed by atoms with van der Waals surface area (Å²) >= 11 is 0. The van der Waals surface area contributed by atoms with E-state index in [0.29, 0.717) is 5.69 Å². The van der Waals surface area contributed by atoms with Gasteiger partial charge in [-0.3, -0.25) is 4.98 Å². The van der Waals surface area contributed by atoms with Crippen molar-refractivity contribution in [3.63, 3.8) is 0 Å². The summed E-state index contributed by atoms with van der Waals surface area (Å²) < 4.78 is 1.92. The number of nitrogens with zero attached hydrogens (tertiary/aromatic N) is 3. The van der Waals surface area contributed by atoms with Gasteiger partial charge in [0.25, 0.3) is 0 Å². The van der Waals surface area contributed by atoms with E-state index in [1.807, 2.05) is 17.5 Å². The largest absolute Gasteiger partial charge is 0.300 e. The molecule has 2 aromatic heterocycles. The van der Waals surface area contributed by atoms with Gasteiger partial charge in [-0.2, -0.15) is 0 Å². The molecule has 3 heteroatoms. The monoisotopic (exact) mass is 157 g/mol. The third-order valence-electron chi connectivity index (χ3n) is 1.81. The fourth-order valence-corrected chi connectivity index (χ4v) is 1.17. The van der Waals surface area contributed by atoms with Gasteiger partial charge in [-0.1, -0.05) is 0 Å². The Bertz CT molecular complexity index is 462. The van der Waals surface area contributed by atoms with E-state index >= 15 is 0 Å². The van der Waals surface area contributed by atoms with Crippen molar-refractivity contribution in [1.29, 1.82) is 0 Å². The van der Waals surface area contributed by atoms with Crippen molar-refractivity contribution < 1.29 is 0 Å². The van der Waals surface area contributed by atoms with Crippen LogP contribution in [0.5, 0.6) is 0 Å². The highest BCUT2D eigenvalue weighted by Crippen LogP contribution is 2.08. The van der Waals surface area contributed by atoms with E-state index in [2.05, 4.69) is 15.9 Å². The molecule has 2 aromatic rings. The van der Waals surface area contributed by atoms with Crippen molar-refractivity contribution in [3.8, 4) is 12.3 Å².